The highest BCUT2D eigenvalue weighted by molar-refractivity contribution is 5.53. The van der Waals surface area contributed by atoms with Crippen molar-refractivity contribution in [2.75, 3.05) is 13.2 Å². The van der Waals surface area contributed by atoms with E-state index < -0.39 is 0 Å². The summed E-state index contributed by atoms with van der Waals surface area (Å²) in [6, 6.07) is 10.3. The second-order valence-corrected chi connectivity index (χ2v) is 5.09. The van der Waals surface area contributed by atoms with E-state index in [1.54, 1.807) is 0 Å². The van der Waals surface area contributed by atoms with Gasteiger partial charge in [0, 0.05) is 13.0 Å². The zero-order chi connectivity index (χ0) is 12.9. The van der Waals surface area contributed by atoms with E-state index in [1.165, 1.54) is 17.6 Å². The number of benzene rings is 1. The molecule has 0 aromatic heterocycles. The van der Waals surface area contributed by atoms with Gasteiger partial charge in [0.25, 0.3) is 0 Å². The average molecular weight is 260 g/mol. The summed E-state index contributed by atoms with van der Waals surface area (Å²) >= 11 is 0. The number of hydrogen-bond donors (Lipinski definition) is 0. The van der Waals surface area contributed by atoms with Gasteiger partial charge in [0.2, 0.25) is 0 Å². The van der Waals surface area contributed by atoms with Gasteiger partial charge in [-0.25, -0.2) is 0 Å². The highest BCUT2D eigenvalue weighted by Gasteiger charge is 2.25. The van der Waals surface area contributed by atoms with E-state index in [0.29, 0.717) is 6.61 Å². The van der Waals surface area contributed by atoms with Crippen molar-refractivity contribution < 1.29 is 14.2 Å². The van der Waals surface area contributed by atoms with Crippen molar-refractivity contribution in [3.63, 3.8) is 0 Å². The molecule has 0 saturated carbocycles. The predicted octanol–water partition coefficient (Wildman–Crippen LogP) is 3.36. The van der Waals surface area contributed by atoms with Crippen molar-refractivity contribution >= 4 is 6.08 Å². The minimum absolute atomic E-state index is 0.0742. The number of ether oxygens (including phenoxy) is 3. The van der Waals surface area contributed by atoms with Crippen LogP contribution in [0.3, 0.4) is 0 Å². The molecule has 102 valence electrons. The Kier molecular flexibility index (Phi) is 4.28. The molecular formula is C16H20O3. The maximum absolute atomic E-state index is 5.83. The fraction of sp³-hybridized carbons (Fsp3) is 0.500. The van der Waals surface area contributed by atoms with Crippen LogP contribution in [0, 0.1) is 0 Å². The topological polar surface area (TPSA) is 27.7 Å². The molecule has 0 aliphatic carbocycles. The molecule has 3 nitrogen and oxygen atoms in total. The van der Waals surface area contributed by atoms with Gasteiger partial charge < -0.3 is 14.2 Å². The van der Waals surface area contributed by atoms with E-state index in [0.717, 1.165) is 25.9 Å². The molecule has 2 atom stereocenters. The average Bonchev–Trinajstić information content (AvgIpc) is 2.88. The van der Waals surface area contributed by atoms with Gasteiger partial charge in [0.15, 0.2) is 12.6 Å². The summed E-state index contributed by atoms with van der Waals surface area (Å²) in [5.41, 5.74) is 2.50. The Labute approximate surface area is 114 Å². The van der Waals surface area contributed by atoms with E-state index in [-0.39, 0.29) is 12.6 Å². The molecule has 19 heavy (non-hydrogen) atoms. The molecule has 2 aliphatic rings. The molecule has 0 N–H and O–H groups in total. The van der Waals surface area contributed by atoms with Crippen molar-refractivity contribution in [2.24, 2.45) is 0 Å². The summed E-state index contributed by atoms with van der Waals surface area (Å²) in [6.45, 7) is 1.47. The van der Waals surface area contributed by atoms with E-state index in [2.05, 4.69) is 18.2 Å². The van der Waals surface area contributed by atoms with Crippen molar-refractivity contribution in [2.45, 2.75) is 38.3 Å². The normalized spacial score (nSPS) is 29.8. The zero-order valence-electron chi connectivity index (χ0n) is 11.1. The maximum atomic E-state index is 5.83. The third kappa shape index (κ3) is 3.66. The Bertz CT molecular complexity index is 421. The molecular weight excluding hydrogens is 240 g/mol. The van der Waals surface area contributed by atoms with Crippen LogP contribution >= 0.6 is 0 Å². The predicted molar refractivity (Wildman–Crippen MR) is 73.5 cm³/mol. The summed E-state index contributed by atoms with van der Waals surface area (Å²) in [7, 11) is 0. The summed E-state index contributed by atoms with van der Waals surface area (Å²) in [6.07, 6.45) is 6.12. The molecule has 2 fully saturated rings. The van der Waals surface area contributed by atoms with Crippen LogP contribution in [0.5, 0.6) is 0 Å². The Morgan fingerprint density at radius 3 is 2.74 bits per heavy atom. The molecule has 0 radical (unpaired) electrons. The van der Waals surface area contributed by atoms with Crippen LogP contribution < -0.4 is 0 Å². The first-order valence-corrected chi connectivity index (χ1v) is 7.03. The van der Waals surface area contributed by atoms with Gasteiger partial charge in [0.05, 0.1) is 6.61 Å². The molecule has 0 bridgehead atoms. The third-order valence-electron chi connectivity index (χ3n) is 3.50. The van der Waals surface area contributed by atoms with E-state index in [9.17, 15) is 0 Å². The van der Waals surface area contributed by atoms with E-state index in [4.69, 9.17) is 14.2 Å². The highest BCUT2D eigenvalue weighted by atomic mass is 16.8. The molecule has 1 aromatic carbocycles. The Hall–Kier alpha value is -1.16. The molecule has 1 aromatic rings. The Balaban J connectivity index is 1.53. The minimum atomic E-state index is -0.141. The fourth-order valence-electron chi connectivity index (χ4n) is 2.49. The molecule has 2 heterocycles. The van der Waals surface area contributed by atoms with Crippen molar-refractivity contribution in [3.05, 3.63) is 41.5 Å². The van der Waals surface area contributed by atoms with Gasteiger partial charge in [0.1, 0.15) is 0 Å². The summed E-state index contributed by atoms with van der Waals surface area (Å²) in [5.74, 6) is 0. The minimum Gasteiger partial charge on any atom is -0.353 e. The number of rotatable bonds is 3. The highest BCUT2D eigenvalue weighted by Crippen LogP contribution is 2.25. The largest absolute Gasteiger partial charge is 0.353 e. The molecule has 3 heteroatoms. The maximum Gasteiger partial charge on any atom is 0.164 e. The molecule has 0 unspecified atom stereocenters. The molecule has 2 saturated heterocycles. The first kappa shape index (κ1) is 12.9. The molecule has 0 amide bonds. The van der Waals surface area contributed by atoms with Crippen LogP contribution in [-0.4, -0.2) is 25.8 Å². The summed E-state index contributed by atoms with van der Waals surface area (Å²) in [4.78, 5) is 0. The van der Waals surface area contributed by atoms with Gasteiger partial charge in [-0.3, -0.25) is 0 Å². The van der Waals surface area contributed by atoms with Gasteiger partial charge in [-0.2, -0.15) is 0 Å². The smallest absolute Gasteiger partial charge is 0.164 e. The van der Waals surface area contributed by atoms with E-state index in [1.807, 2.05) is 18.2 Å². The second-order valence-electron chi connectivity index (χ2n) is 5.09. The van der Waals surface area contributed by atoms with Crippen molar-refractivity contribution in [1.82, 2.24) is 0 Å². The lowest BCUT2D eigenvalue weighted by Gasteiger charge is -2.25. The summed E-state index contributed by atoms with van der Waals surface area (Å²) < 4.78 is 17.1. The van der Waals surface area contributed by atoms with Gasteiger partial charge >= 0.3 is 0 Å². The van der Waals surface area contributed by atoms with Crippen molar-refractivity contribution in [1.29, 1.82) is 0 Å². The van der Waals surface area contributed by atoms with Crippen LogP contribution in [-0.2, 0) is 14.2 Å². The van der Waals surface area contributed by atoms with Crippen molar-refractivity contribution in [3.8, 4) is 0 Å². The molecule has 3 rings (SSSR count). The van der Waals surface area contributed by atoms with Crippen LogP contribution in [0.2, 0.25) is 0 Å². The number of hydrogen-bond acceptors (Lipinski definition) is 3. The lowest BCUT2D eigenvalue weighted by Crippen LogP contribution is -2.27. The van der Waals surface area contributed by atoms with Gasteiger partial charge in [-0.05, 0) is 30.4 Å². The van der Waals surface area contributed by atoms with Crippen LogP contribution in [0.15, 0.2) is 35.9 Å². The molecule has 0 spiro atoms. The first-order valence-electron chi connectivity index (χ1n) is 7.03. The standard InChI is InChI=1S/C16H20O3/c1-2-6-13(7-3-1)10-14-11-16(18-12-14)19-15-8-4-5-9-17-15/h1-3,6-7,10,15-16H,4-5,8-9,11-12H2/b14-10-/t15-,16-/m1/s1. The SMILES string of the molecule is C(=C1/CO[C@H](O[C@@H]2CCCCO2)C1)/c1ccccc1. The monoisotopic (exact) mass is 260 g/mol. The molecule has 2 aliphatic heterocycles. The summed E-state index contributed by atoms with van der Waals surface area (Å²) in [5, 5.41) is 0. The quantitative estimate of drug-likeness (QED) is 0.834. The Morgan fingerprint density at radius 2 is 1.95 bits per heavy atom. The first-order chi connectivity index (χ1) is 9.40. The zero-order valence-corrected chi connectivity index (χ0v) is 11.1. The van der Waals surface area contributed by atoms with E-state index >= 15 is 0 Å². The Morgan fingerprint density at radius 1 is 1.05 bits per heavy atom. The van der Waals surface area contributed by atoms with Gasteiger partial charge in [-0.1, -0.05) is 36.4 Å². The lowest BCUT2D eigenvalue weighted by atomic mass is 10.1. The van der Waals surface area contributed by atoms with Crippen LogP contribution in [0.4, 0.5) is 0 Å². The van der Waals surface area contributed by atoms with Crippen LogP contribution in [0.25, 0.3) is 6.08 Å². The second kappa shape index (κ2) is 6.33. The fourth-order valence-corrected chi connectivity index (χ4v) is 2.49. The lowest BCUT2D eigenvalue weighted by molar-refractivity contribution is -0.241. The van der Waals surface area contributed by atoms with Crippen LogP contribution in [0.1, 0.15) is 31.2 Å². The third-order valence-corrected chi connectivity index (χ3v) is 3.50. The van der Waals surface area contributed by atoms with Gasteiger partial charge in [-0.15, -0.1) is 0 Å².